The van der Waals surface area contributed by atoms with Crippen molar-refractivity contribution < 1.29 is 19.1 Å². The lowest BCUT2D eigenvalue weighted by Crippen LogP contribution is -2.28. The Hall–Kier alpha value is -3.71. The Morgan fingerprint density at radius 3 is 2.46 bits per heavy atom. The number of amides is 1. The molecule has 0 saturated carbocycles. The number of benzene rings is 3. The molecule has 1 amide bonds. The highest BCUT2D eigenvalue weighted by molar-refractivity contribution is 6.06. The van der Waals surface area contributed by atoms with Crippen LogP contribution >= 0.6 is 0 Å². The van der Waals surface area contributed by atoms with Gasteiger partial charge in [0.1, 0.15) is 11.6 Å². The van der Waals surface area contributed by atoms with Crippen molar-refractivity contribution in [1.29, 1.82) is 0 Å². The Balaban J connectivity index is 1.48. The van der Waals surface area contributed by atoms with Gasteiger partial charge >= 0.3 is 0 Å². The molecule has 1 aliphatic rings. The number of aromatic hydroxyl groups is 1. The minimum Gasteiger partial charge on any atom is -0.506 e. The zero-order valence-electron chi connectivity index (χ0n) is 20.1. The first-order chi connectivity index (χ1) is 16.8. The number of anilines is 2. The third-order valence-corrected chi connectivity index (χ3v) is 6.43. The van der Waals surface area contributed by atoms with E-state index < -0.39 is 5.82 Å². The number of carbonyl (C=O) groups is 2. The van der Waals surface area contributed by atoms with Gasteiger partial charge in [-0.05, 0) is 74.5 Å². The minimum absolute atomic E-state index is 0.0884. The molecular weight excluding hydrogens is 445 g/mol. The lowest BCUT2D eigenvalue weighted by molar-refractivity contribution is 0.0988. The molecule has 1 aliphatic heterocycles. The lowest BCUT2D eigenvalue weighted by atomic mass is 10.00. The molecule has 0 bridgehead atoms. The highest BCUT2D eigenvalue weighted by atomic mass is 19.1. The fourth-order valence-corrected chi connectivity index (χ4v) is 4.23. The van der Waals surface area contributed by atoms with E-state index in [4.69, 9.17) is 0 Å². The van der Waals surface area contributed by atoms with Crippen LogP contribution in [0.4, 0.5) is 15.8 Å². The van der Waals surface area contributed by atoms with E-state index in [1.165, 1.54) is 12.1 Å². The number of aryl methyl sites for hydroxylation is 1. The summed E-state index contributed by atoms with van der Waals surface area (Å²) in [6.45, 7) is 5.59. The monoisotopic (exact) mass is 475 g/mol. The average molecular weight is 476 g/mol. The predicted octanol–water partition coefficient (Wildman–Crippen LogP) is 4.66. The van der Waals surface area contributed by atoms with E-state index >= 15 is 0 Å². The Morgan fingerprint density at radius 2 is 1.71 bits per heavy atom. The van der Waals surface area contributed by atoms with Crippen LogP contribution in [0.2, 0.25) is 0 Å². The fraction of sp³-hybridized carbons (Fsp3) is 0.286. The number of hydrogen-bond donors (Lipinski definition) is 2. The van der Waals surface area contributed by atoms with Gasteiger partial charge in [-0.15, -0.1) is 0 Å². The molecule has 35 heavy (non-hydrogen) atoms. The van der Waals surface area contributed by atoms with Crippen molar-refractivity contribution in [2.24, 2.45) is 0 Å². The van der Waals surface area contributed by atoms with Gasteiger partial charge in [0.15, 0.2) is 5.78 Å². The molecule has 0 aromatic heterocycles. The number of nitrogens with zero attached hydrogens (tertiary/aromatic N) is 2. The van der Waals surface area contributed by atoms with Crippen LogP contribution in [0.5, 0.6) is 5.75 Å². The summed E-state index contributed by atoms with van der Waals surface area (Å²) >= 11 is 0. The van der Waals surface area contributed by atoms with Crippen LogP contribution in [0.25, 0.3) is 0 Å². The molecule has 6 nitrogen and oxygen atoms in total. The second kappa shape index (κ2) is 10.7. The largest absolute Gasteiger partial charge is 0.506 e. The van der Waals surface area contributed by atoms with Crippen molar-refractivity contribution >= 4 is 23.1 Å². The van der Waals surface area contributed by atoms with Gasteiger partial charge in [0.2, 0.25) is 0 Å². The maximum absolute atomic E-state index is 13.9. The van der Waals surface area contributed by atoms with Crippen LogP contribution in [0.15, 0.2) is 60.7 Å². The van der Waals surface area contributed by atoms with Crippen molar-refractivity contribution in [1.82, 2.24) is 4.90 Å². The van der Waals surface area contributed by atoms with E-state index in [1.54, 1.807) is 43.3 Å². The molecule has 7 heteroatoms. The molecule has 182 valence electrons. The summed E-state index contributed by atoms with van der Waals surface area (Å²) in [5.74, 6) is -1.28. The summed E-state index contributed by atoms with van der Waals surface area (Å²) in [5, 5.41) is 13.2. The molecule has 0 aliphatic carbocycles. The van der Waals surface area contributed by atoms with Crippen LogP contribution in [0.1, 0.15) is 38.3 Å². The maximum Gasteiger partial charge on any atom is 0.255 e. The van der Waals surface area contributed by atoms with Gasteiger partial charge in [-0.3, -0.25) is 9.59 Å². The van der Waals surface area contributed by atoms with Gasteiger partial charge < -0.3 is 20.2 Å². The number of rotatable bonds is 6. The zero-order valence-corrected chi connectivity index (χ0v) is 20.1. The number of Topliss-reactive ketones (excluding diaryl/α,β-unsaturated/α-hetero) is 1. The Labute approximate surface area is 205 Å². The molecule has 0 radical (unpaired) electrons. The number of carbonyl (C=O) groups excluding carboxylic acids is 2. The van der Waals surface area contributed by atoms with Crippen LogP contribution in [0.3, 0.4) is 0 Å². The average Bonchev–Trinajstić information content (AvgIpc) is 3.07. The van der Waals surface area contributed by atoms with Gasteiger partial charge in [0, 0.05) is 42.9 Å². The fourth-order valence-electron chi connectivity index (χ4n) is 4.23. The number of likely N-dealkylation sites (N-methyl/N-ethyl adjacent to an activating group) is 1. The number of phenols is 1. The van der Waals surface area contributed by atoms with E-state index in [2.05, 4.69) is 22.2 Å². The van der Waals surface area contributed by atoms with Gasteiger partial charge in [-0.2, -0.15) is 0 Å². The predicted molar refractivity (Wildman–Crippen MR) is 136 cm³/mol. The number of nitrogens with one attached hydrogen (secondary N) is 1. The molecular formula is C28H30FN3O3. The van der Waals surface area contributed by atoms with E-state index in [-0.39, 0.29) is 35.1 Å². The van der Waals surface area contributed by atoms with Crippen molar-refractivity contribution in [3.8, 4) is 5.75 Å². The maximum atomic E-state index is 13.9. The first kappa shape index (κ1) is 24.4. The summed E-state index contributed by atoms with van der Waals surface area (Å²) in [5.41, 5.74) is 2.84. The van der Waals surface area contributed by atoms with Crippen molar-refractivity contribution in [3.63, 3.8) is 0 Å². The zero-order chi connectivity index (χ0) is 24.9. The highest BCUT2D eigenvalue weighted by Crippen LogP contribution is 2.29. The summed E-state index contributed by atoms with van der Waals surface area (Å²) in [6.07, 6.45) is 0.998. The van der Waals surface area contributed by atoms with Crippen LogP contribution in [-0.4, -0.2) is 54.9 Å². The van der Waals surface area contributed by atoms with Crippen LogP contribution in [0, 0.1) is 12.7 Å². The number of halogens is 1. The van der Waals surface area contributed by atoms with E-state index in [0.29, 0.717) is 16.7 Å². The van der Waals surface area contributed by atoms with E-state index in [0.717, 1.165) is 38.3 Å². The second-order valence-electron chi connectivity index (χ2n) is 9.02. The lowest BCUT2D eigenvalue weighted by Gasteiger charge is -2.23. The number of para-hydroxylation sites is 1. The third-order valence-electron chi connectivity index (χ3n) is 6.43. The molecule has 1 heterocycles. The minimum atomic E-state index is -0.448. The molecule has 1 fully saturated rings. The number of ketones is 1. The summed E-state index contributed by atoms with van der Waals surface area (Å²) in [6, 6.07) is 16.5. The molecule has 0 spiro atoms. The van der Waals surface area contributed by atoms with Gasteiger partial charge in [-0.25, -0.2) is 4.39 Å². The highest BCUT2D eigenvalue weighted by Gasteiger charge is 2.18. The molecule has 4 rings (SSSR count). The smallest absolute Gasteiger partial charge is 0.255 e. The van der Waals surface area contributed by atoms with Crippen LogP contribution in [-0.2, 0) is 6.42 Å². The first-order valence-corrected chi connectivity index (χ1v) is 11.8. The molecule has 3 aromatic rings. The Bertz CT molecular complexity index is 1230. The molecule has 0 atom stereocenters. The van der Waals surface area contributed by atoms with Gasteiger partial charge in [0.05, 0.1) is 5.69 Å². The normalized spacial score (nSPS) is 14.4. The van der Waals surface area contributed by atoms with Crippen molar-refractivity contribution in [2.75, 3.05) is 43.4 Å². The van der Waals surface area contributed by atoms with Gasteiger partial charge in [-0.1, -0.05) is 24.3 Å². The quantitative estimate of drug-likeness (QED) is 0.401. The standard InChI is InChI=1S/C28H30FN3O3/c1-19-7-8-21(17-24(19)29)26(34)18-22-5-3-6-25(33)27(22)30-28(35)20-9-11-23(12-10-20)32-14-4-13-31(2)15-16-32/h3,5-12,17,33H,4,13-16,18H2,1-2H3,(H,30,35). The van der Waals surface area contributed by atoms with Crippen molar-refractivity contribution in [2.45, 2.75) is 19.8 Å². The van der Waals surface area contributed by atoms with Crippen LogP contribution < -0.4 is 10.2 Å². The topological polar surface area (TPSA) is 72.9 Å². The van der Waals surface area contributed by atoms with Crippen molar-refractivity contribution in [3.05, 3.63) is 88.7 Å². The molecule has 0 unspecified atom stereocenters. The summed E-state index contributed by atoms with van der Waals surface area (Å²) in [4.78, 5) is 30.3. The summed E-state index contributed by atoms with van der Waals surface area (Å²) in [7, 11) is 2.12. The third kappa shape index (κ3) is 5.87. The molecule has 1 saturated heterocycles. The summed E-state index contributed by atoms with van der Waals surface area (Å²) < 4.78 is 13.9. The van der Waals surface area contributed by atoms with Gasteiger partial charge in [0.25, 0.3) is 5.91 Å². The van der Waals surface area contributed by atoms with E-state index in [1.807, 2.05) is 12.1 Å². The molecule has 3 aromatic carbocycles. The Kier molecular flexibility index (Phi) is 7.46. The second-order valence-corrected chi connectivity index (χ2v) is 9.02. The molecule has 2 N–H and O–H groups in total. The van der Waals surface area contributed by atoms with E-state index in [9.17, 15) is 19.1 Å². The number of hydrogen-bond acceptors (Lipinski definition) is 5. The first-order valence-electron chi connectivity index (χ1n) is 11.8. The SMILES string of the molecule is Cc1ccc(C(=O)Cc2cccc(O)c2NC(=O)c2ccc(N3CCCN(C)CC3)cc2)cc1F. The number of phenolic OH excluding ortho intramolecular Hbond substituents is 1. The Morgan fingerprint density at radius 1 is 0.971 bits per heavy atom.